The van der Waals surface area contributed by atoms with Crippen LogP contribution in [0.2, 0.25) is 0 Å². The quantitative estimate of drug-likeness (QED) is 0.231. The van der Waals surface area contributed by atoms with E-state index in [2.05, 4.69) is 55.4 Å². The summed E-state index contributed by atoms with van der Waals surface area (Å²) in [5, 5.41) is 0. The van der Waals surface area contributed by atoms with Crippen LogP contribution in [0.25, 0.3) is 0 Å². The van der Waals surface area contributed by atoms with E-state index in [1.165, 1.54) is 12.8 Å². The van der Waals surface area contributed by atoms with E-state index in [0.717, 1.165) is 12.8 Å². The second-order valence-electron chi connectivity index (χ2n) is 11.7. The zero-order valence-electron chi connectivity index (χ0n) is 25.1. The van der Waals surface area contributed by atoms with Crippen molar-refractivity contribution in [2.45, 2.75) is 81.1 Å². The third-order valence-electron chi connectivity index (χ3n) is 7.28. The van der Waals surface area contributed by atoms with Gasteiger partial charge in [0.2, 0.25) is 0 Å². The van der Waals surface area contributed by atoms with Crippen LogP contribution in [0.15, 0.2) is 60.7 Å². The molecule has 3 atom stereocenters. The second kappa shape index (κ2) is 18.6. The van der Waals surface area contributed by atoms with Gasteiger partial charge in [-0.3, -0.25) is 0 Å². The summed E-state index contributed by atoms with van der Waals surface area (Å²) < 4.78 is 10.9. The Labute approximate surface area is 232 Å². The highest BCUT2D eigenvalue weighted by Crippen LogP contribution is 2.23. The number of carbonyl (C=O) groups is 2. The fourth-order valence-electron chi connectivity index (χ4n) is 4.05. The molecule has 0 amide bonds. The highest BCUT2D eigenvalue weighted by Gasteiger charge is 2.19. The van der Waals surface area contributed by atoms with Crippen LogP contribution in [0.1, 0.15) is 102 Å². The number of rotatable bonds is 14. The molecule has 0 heterocycles. The molecule has 2 rings (SSSR count). The Morgan fingerprint density at radius 2 is 1.05 bits per heavy atom. The van der Waals surface area contributed by atoms with Crippen molar-refractivity contribution in [3.05, 3.63) is 71.8 Å². The van der Waals surface area contributed by atoms with Gasteiger partial charge in [0.1, 0.15) is 0 Å². The number of esters is 2. The lowest BCUT2D eigenvalue weighted by Crippen LogP contribution is -2.21. The highest BCUT2D eigenvalue weighted by atomic mass is 16.5. The fraction of sp³-hybridized carbons (Fsp3) is 0.588. The van der Waals surface area contributed by atoms with E-state index >= 15 is 0 Å². The normalized spacial score (nSPS) is 13.4. The lowest BCUT2D eigenvalue weighted by Gasteiger charge is -2.23. The van der Waals surface area contributed by atoms with Crippen LogP contribution < -0.4 is 0 Å². The Kier molecular flexibility index (Phi) is 16.4. The molecule has 4 heteroatoms. The molecule has 38 heavy (non-hydrogen) atoms. The van der Waals surface area contributed by atoms with Crippen molar-refractivity contribution >= 4 is 11.9 Å². The van der Waals surface area contributed by atoms with Gasteiger partial charge in [-0.2, -0.15) is 0 Å². The molecule has 0 N–H and O–H groups in total. The molecular weight excluding hydrogens is 472 g/mol. The lowest BCUT2D eigenvalue weighted by atomic mass is 9.86. The van der Waals surface area contributed by atoms with E-state index in [1.54, 1.807) is 24.3 Å². The minimum absolute atomic E-state index is 0.212. The van der Waals surface area contributed by atoms with Gasteiger partial charge in [-0.05, 0) is 72.6 Å². The molecular formula is C34H52O4. The summed E-state index contributed by atoms with van der Waals surface area (Å²) in [7, 11) is 0. The molecule has 0 saturated heterocycles. The molecule has 2 aromatic rings. The molecule has 0 fully saturated rings. The maximum absolute atomic E-state index is 11.9. The molecule has 0 radical (unpaired) electrons. The zero-order chi connectivity index (χ0) is 28.5. The first-order chi connectivity index (χ1) is 18.0. The molecule has 3 unspecified atom stereocenters. The van der Waals surface area contributed by atoms with Crippen LogP contribution in [-0.2, 0) is 9.47 Å². The number of hydrogen-bond acceptors (Lipinski definition) is 4. The molecule has 0 aliphatic carbocycles. The van der Waals surface area contributed by atoms with E-state index in [0.29, 0.717) is 59.8 Å². The topological polar surface area (TPSA) is 52.6 Å². The number of ether oxygens (including phenoxy) is 2. The monoisotopic (exact) mass is 524 g/mol. The van der Waals surface area contributed by atoms with Gasteiger partial charge in [-0.25, -0.2) is 9.59 Å². The number of benzene rings is 2. The van der Waals surface area contributed by atoms with Gasteiger partial charge in [-0.1, -0.05) is 105 Å². The minimum atomic E-state index is -0.213. The van der Waals surface area contributed by atoms with E-state index in [9.17, 15) is 9.59 Å². The van der Waals surface area contributed by atoms with Gasteiger partial charge >= 0.3 is 11.9 Å². The number of carbonyl (C=O) groups excluding carboxylic acids is 2. The summed E-state index contributed by atoms with van der Waals surface area (Å²) in [4.78, 5) is 23.8. The van der Waals surface area contributed by atoms with Crippen LogP contribution >= 0.6 is 0 Å². The van der Waals surface area contributed by atoms with Gasteiger partial charge in [0.05, 0.1) is 24.3 Å². The Bertz CT molecular complexity index is 889. The zero-order valence-corrected chi connectivity index (χ0v) is 25.1. The van der Waals surface area contributed by atoms with E-state index in [4.69, 9.17) is 9.47 Å². The molecule has 0 aliphatic rings. The summed E-state index contributed by atoms with van der Waals surface area (Å²) in [6, 6.07) is 18.4. The van der Waals surface area contributed by atoms with Crippen molar-refractivity contribution in [2.24, 2.45) is 35.5 Å². The third kappa shape index (κ3) is 13.8. The predicted molar refractivity (Wildman–Crippen MR) is 158 cm³/mol. The van der Waals surface area contributed by atoms with E-state index in [1.807, 2.05) is 36.4 Å². The van der Waals surface area contributed by atoms with Gasteiger partial charge in [0.25, 0.3) is 0 Å². The van der Waals surface area contributed by atoms with Crippen molar-refractivity contribution in [2.75, 3.05) is 13.2 Å². The first-order valence-corrected chi connectivity index (χ1v) is 14.5. The Morgan fingerprint density at radius 1 is 0.632 bits per heavy atom. The largest absolute Gasteiger partial charge is 0.462 e. The molecule has 2 aromatic carbocycles. The highest BCUT2D eigenvalue weighted by molar-refractivity contribution is 5.89. The molecule has 0 aliphatic heterocycles. The van der Waals surface area contributed by atoms with Crippen LogP contribution in [0.5, 0.6) is 0 Å². The first kappa shape index (κ1) is 33.4. The van der Waals surface area contributed by atoms with E-state index < -0.39 is 0 Å². The van der Waals surface area contributed by atoms with Crippen molar-refractivity contribution in [3.63, 3.8) is 0 Å². The second-order valence-corrected chi connectivity index (χ2v) is 11.7. The van der Waals surface area contributed by atoms with Gasteiger partial charge in [0, 0.05) is 0 Å². The standard InChI is InChI=1S/2C17H26O2/c1-13(2)10-11-16(14(3)4)12-19-17(18)15-8-6-5-7-9-15;1-5-14(4)11-16(13(2)3)12-19-17(18)15-9-7-6-8-10-15/h5-9,13-14,16H,10-12H2,1-4H3;6-10,13-14,16H,5,11-12H2,1-4H3. The summed E-state index contributed by atoms with van der Waals surface area (Å²) in [5.41, 5.74) is 1.27. The average molecular weight is 525 g/mol. The molecule has 0 spiro atoms. The SMILES string of the molecule is CC(C)CCC(COC(=O)c1ccccc1)C(C)C.CCC(C)CC(COC(=O)c1ccccc1)C(C)C. The molecule has 0 saturated carbocycles. The maximum atomic E-state index is 11.9. The summed E-state index contributed by atoms with van der Waals surface area (Å²) >= 11 is 0. The lowest BCUT2D eigenvalue weighted by molar-refractivity contribution is 0.0374. The van der Waals surface area contributed by atoms with Crippen LogP contribution in [0.3, 0.4) is 0 Å². The first-order valence-electron chi connectivity index (χ1n) is 14.5. The molecule has 212 valence electrons. The molecule has 0 bridgehead atoms. The summed E-state index contributed by atoms with van der Waals surface area (Å²) in [5.74, 6) is 2.94. The molecule has 4 nitrogen and oxygen atoms in total. The van der Waals surface area contributed by atoms with Gasteiger partial charge in [0.15, 0.2) is 0 Å². The van der Waals surface area contributed by atoms with Crippen molar-refractivity contribution in [3.8, 4) is 0 Å². The maximum Gasteiger partial charge on any atom is 0.338 e. The Balaban J connectivity index is 0.000000380. The Hall–Kier alpha value is -2.62. The third-order valence-corrected chi connectivity index (χ3v) is 7.28. The van der Waals surface area contributed by atoms with Crippen LogP contribution in [-0.4, -0.2) is 25.2 Å². The van der Waals surface area contributed by atoms with Crippen molar-refractivity contribution in [1.82, 2.24) is 0 Å². The van der Waals surface area contributed by atoms with Gasteiger partial charge in [-0.15, -0.1) is 0 Å². The number of hydrogen-bond donors (Lipinski definition) is 0. The summed E-state index contributed by atoms with van der Waals surface area (Å²) in [6.45, 7) is 18.8. The smallest absolute Gasteiger partial charge is 0.338 e. The Morgan fingerprint density at radius 3 is 1.42 bits per heavy atom. The van der Waals surface area contributed by atoms with Crippen molar-refractivity contribution < 1.29 is 19.1 Å². The van der Waals surface area contributed by atoms with Crippen LogP contribution in [0, 0.1) is 35.5 Å². The van der Waals surface area contributed by atoms with E-state index in [-0.39, 0.29) is 11.9 Å². The van der Waals surface area contributed by atoms with Gasteiger partial charge < -0.3 is 9.47 Å². The fourth-order valence-corrected chi connectivity index (χ4v) is 4.05. The van der Waals surface area contributed by atoms with Crippen molar-refractivity contribution in [1.29, 1.82) is 0 Å². The average Bonchev–Trinajstić information content (AvgIpc) is 2.91. The molecule has 0 aromatic heterocycles. The van der Waals surface area contributed by atoms with Crippen LogP contribution in [0.4, 0.5) is 0 Å². The minimum Gasteiger partial charge on any atom is -0.462 e. The predicted octanol–water partition coefficient (Wildman–Crippen LogP) is 9.10. The summed E-state index contributed by atoms with van der Waals surface area (Å²) in [6.07, 6.45) is 4.61.